The van der Waals surface area contributed by atoms with Crippen molar-refractivity contribution in [3.63, 3.8) is 0 Å². The molecule has 4 nitrogen and oxygen atoms in total. The molecule has 0 radical (unpaired) electrons. The van der Waals surface area contributed by atoms with Crippen LogP contribution in [0.1, 0.15) is 54.4 Å². The van der Waals surface area contributed by atoms with Gasteiger partial charge in [-0.25, -0.2) is 9.34 Å². The molecule has 0 bridgehead atoms. The van der Waals surface area contributed by atoms with Crippen LogP contribution in [-0.4, -0.2) is 42.1 Å². The zero-order valence-corrected chi connectivity index (χ0v) is 14.6. The molecule has 0 aliphatic rings. The second-order valence-corrected chi connectivity index (χ2v) is 7.12. The van der Waals surface area contributed by atoms with Crippen molar-refractivity contribution < 1.29 is 9.09 Å². The van der Waals surface area contributed by atoms with Gasteiger partial charge in [0.2, 0.25) is 0 Å². The molecule has 0 saturated carbocycles. The first-order valence-corrected chi connectivity index (χ1v) is 9.32. The van der Waals surface area contributed by atoms with E-state index in [2.05, 4.69) is 13.8 Å². The van der Waals surface area contributed by atoms with E-state index in [0.717, 1.165) is 39.0 Å². The Labute approximate surface area is 120 Å². The highest BCUT2D eigenvalue weighted by Gasteiger charge is 2.35. The van der Waals surface area contributed by atoms with Crippen molar-refractivity contribution in [2.24, 2.45) is 5.92 Å². The molecule has 0 spiro atoms. The van der Waals surface area contributed by atoms with E-state index < -0.39 is 7.67 Å². The van der Waals surface area contributed by atoms with Crippen molar-refractivity contribution in [2.45, 2.75) is 54.4 Å². The van der Waals surface area contributed by atoms with E-state index in [1.807, 2.05) is 37.0 Å². The SMILES string of the molecule is CCC(CC)COP(=O)(N(CC)CC)N(CC)CC. The van der Waals surface area contributed by atoms with E-state index in [0.29, 0.717) is 12.5 Å². The van der Waals surface area contributed by atoms with Gasteiger partial charge < -0.3 is 4.52 Å². The van der Waals surface area contributed by atoms with Crippen LogP contribution in [0.25, 0.3) is 0 Å². The predicted octanol–water partition coefficient (Wildman–Crippen LogP) is 4.23. The Bertz CT molecular complexity index is 246. The van der Waals surface area contributed by atoms with E-state index in [1.54, 1.807) is 0 Å². The van der Waals surface area contributed by atoms with Crippen LogP contribution in [-0.2, 0) is 9.09 Å². The summed E-state index contributed by atoms with van der Waals surface area (Å²) in [4.78, 5) is 0. The molecule has 19 heavy (non-hydrogen) atoms. The number of nitrogens with zero attached hydrogens (tertiary/aromatic N) is 2. The molecule has 0 unspecified atom stereocenters. The average molecular weight is 292 g/mol. The highest BCUT2D eigenvalue weighted by molar-refractivity contribution is 7.53. The first-order chi connectivity index (χ1) is 9.03. The first-order valence-electron chi connectivity index (χ1n) is 7.79. The molecular formula is C14H33N2O2P. The summed E-state index contributed by atoms with van der Waals surface area (Å²) >= 11 is 0. The number of hydrogen-bond acceptors (Lipinski definition) is 2. The molecule has 5 heteroatoms. The fraction of sp³-hybridized carbons (Fsp3) is 1.00. The predicted molar refractivity (Wildman–Crippen MR) is 83.5 cm³/mol. The van der Waals surface area contributed by atoms with Crippen molar-refractivity contribution in [1.82, 2.24) is 9.34 Å². The first kappa shape index (κ1) is 19.1. The minimum Gasteiger partial charge on any atom is -0.306 e. The maximum Gasteiger partial charge on any atom is 0.346 e. The minimum absolute atomic E-state index is 0.499. The summed E-state index contributed by atoms with van der Waals surface area (Å²) in [5.41, 5.74) is 0. The number of rotatable bonds is 11. The standard InChI is InChI=1S/C14H33N2O2P/c1-7-14(8-2)13-18-19(17,15(9-3)10-4)16(11-5)12-6/h14H,7-13H2,1-6H3. The molecule has 0 rings (SSSR count). The lowest BCUT2D eigenvalue weighted by atomic mass is 10.1. The summed E-state index contributed by atoms with van der Waals surface area (Å²) in [6.07, 6.45) is 2.15. The second-order valence-electron chi connectivity index (χ2n) is 4.75. The third-order valence-corrected chi connectivity index (χ3v) is 6.85. The van der Waals surface area contributed by atoms with Crippen LogP contribution in [0.2, 0.25) is 0 Å². The van der Waals surface area contributed by atoms with Gasteiger partial charge in [0.25, 0.3) is 0 Å². The molecule has 0 saturated heterocycles. The molecule has 116 valence electrons. The van der Waals surface area contributed by atoms with E-state index in [-0.39, 0.29) is 0 Å². The highest BCUT2D eigenvalue weighted by atomic mass is 31.2. The smallest absolute Gasteiger partial charge is 0.306 e. The summed E-state index contributed by atoms with van der Waals surface area (Å²) in [5, 5.41) is 0. The van der Waals surface area contributed by atoms with E-state index in [4.69, 9.17) is 4.52 Å². The summed E-state index contributed by atoms with van der Waals surface area (Å²) in [5.74, 6) is 0.499. The van der Waals surface area contributed by atoms with Crippen LogP contribution in [0.3, 0.4) is 0 Å². The van der Waals surface area contributed by atoms with Gasteiger partial charge >= 0.3 is 7.67 Å². The Kier molecular flexibility index (Phi) is 9.98. The van der Waals surface area contributed by atoms with Crippen molar-refractivity contribution in [3.05, 3.63) is 0 Å². The van der Waals surface area contributed by atoms with E-state index >= 15 is 0 Å². The largest absolute Gasteiger partial charge is 0.346 e. The lowest BCUT2D eigenvalue weighted by Gasteiger charge is -2.37. The highest BCUT2D eigenvalue weighted by Crippen LogP contribution is 2.54. The minimum atomic E-state index is -2.85. The Morgan fingerprint density at radius 1 is 0.842 bits per heavy atom. The quantitative estimate of drug-likeness (QED) is 0.533. The Balaban J connectivity index is 4.99. The lowest BCUT2D eigenvalue weighted by molar-refractivity contribution is 0.180. The zero-order chi connectivity index (χ0) is 14.9. The molecule has 0 heterocycles. The molecule has 0 N–H and O–H groups in total. The van der Waals surface area contributed by atoms with Gasteiger partial charge in [-0.1, -0.05) is 54.4 Å². The third kappa shape index (κ3) is 5.18. The van der Waals surface area contributed by atoms with Gasteiger partial charge in [0, 0.05) is 26.2 Å². The number of hydrogen-bond donors (Lipinski definition) is 0. The molecule has 0 aliphatic carbocycles. The molecule has 0 amide bonds. The van der Waals surface area contributed by atoms with Gasteiger partial charge in [0.1, 0.15) is 0 Å². The fourth-order valence-electron chi connectivity index (χ4n) is 2.23. The van der Waals surface area contributed by atoms with Gasteiger partial charge in [-0.2, -0.15) is 0 Å². The molecule has 0 fully saturated rings. The van der Waals surface area contributed by atoms with Gasteiger partial charge in [-0.3, -0.25) is 4.57 Å². The Morgan fingerprint density at radius 2 is 1.21 bits per heavy atom. The Hall–Kier alpha value is 0.110. The fourth-order valence-corrected chi connectivity index (χ4v) is 4.75. The van der Waals surface area contributed by atoms with Crippen LogP contribution in [0.4, 0.5) is 0 Å². The molecular weight excluding hydrogens is 259 g/mol. The van der Waals surface area contributed by atoms with Crippen LogP contribution < -0.4 is 0 Å². The van der Waals surface area contributed by atoms with Crippen molar-refractivity contribution in [2.75, 3.05) is 32.8 Å². The van der Waals surface area contributed by atoms with Gasteiger partial charge in [0.05, 0.1) is 6.61 Å². The molecule has 0 aromatic heterocycles. The normalized spacial score (nSPS) is 12.9. The summed E-state index contributed by atoms with van der Waals surface area (Å²) < 4.78 is 23.2. The van der Waals surface area contributed by atoms with Gasteiger partial charge in [-0.05, 0) is 5.92 Å². The molecule has 0 aromatic carbocycles. The van der Waals surface area contributed by atoms with Gasteiger partial charge in [0.15, 0.2) is 0 Å². The summed E-state index contributed by atoms with van der Waals surface area (Å²) in [6, 6.07) is 0. The maximum absolute atomic E-state index is 13.3. The summed E-state index contributed by atoms with van der Waals surface area (Å²) in [7, 11) is -2.85. The van der Waals surface area contributed by atoms with Crippen LogP contribution >= 0.6 is 7.67 Å². The molecule has 0 aromatic rings. The van der Waals surface area contributed by atoms with Crippen LogP contribution in [0.15, 0.2) is 0 Å². The Morgan fingerprint density at radius 3 is 1.47 bits per heavy atom. The molecule has 0 aliphatic heterocycles. The monoisotopic (exact) mass is 292 g/mol. The lowest BCUT2D eigenvalue weighted by Crippen LogP contribution is -2.33. The van der Waals surface area contributed by atoms with Crippen LogP contribution in [0, 0.1) is 5.92 Å². The van der Waals surface area contributed by atoms with E-state index in [9.17, 15) is 4.57 Å². The van der Waals surface area contributed by atoms with Crippen molar-refractivity contribution in [1.29, 1.82) is 0 Å². The van der Waals surface area contributed by atoms with Crippen LogP contribution in [0.5, 0.6) is 0 Å². The van der Waals surface area contributed by atoms with E-state index in [1.165, 1.54) is 0 Å². The van der Waals surface area contributed by atoms with Crippen molar-refractivity contribution in [3.8, 4) is 0 Å². The average Bonchev–Trinajstić information content (AvgIpc) is 2.42. The zero-order valence-electron chi connectivity index (χ0n) is 13.7. The van der Waals surface area contributed by atoms with Gasteiger partial charge in [-0.15, -0.1) is 0 Å². The third-order valence-electron chi connectivity index (χ3n) is 3.81. The second kappa shape index (κ2) is 9.93. The summed E-state index contributed by atoms with van der Waals surface area (Å²) in [6.45, 7) is 16.1. The topological polar surface area (TPSA) is 32.8 Å². The molecule has 0 atom stereocenters. The maximum atomic E-state index is 13.3. The van der Waals surface area contributed by atoms with Crippen molar-refractivity contribution >= 4 is 7.67 Å².